The van der Waals surface area contributed by atoms with Gasteiger partial charge in [0.25, 0.3) is 0 Å². The number of ether oxygens (including phenoxy) is 1. The average molecular weight is 500 g/mol. The molecule has 1 heterocycles. The maximum Gasteiger partial charge on any atom is 0.407 e. The van der Waals surface area contributed by atoms with Crippen molar-refractivity contribution in [3.63, 3.8) is 0 Å². The predicted molar refractivity (Wildman–Crippen MR) is 134 cm³/mol. The van der Waals surface area contributed by atoms with Gasteiger partial charge in [-0.25, -0.2) is 14.6 Å². The van der Waals surface area contributed by atoms with E-state index in [1.807, 2.05) is 57.2 Å². The molecule has 1 aromatic heterocycles. The Morgan fingerprint density at radius 2 is 1.71 bits per heavy atom. The number of rotatable bonds is 7. The van der Waals surface area contributed by atoms with Crippen molar-refractivity contribution in [3.8, 4) is 11.1 Å². The first-order chi connectivity index (χ1) is 16.1. The molecule has 2 aromatic carbocycles. The maximum absolute atomic E-state index is 12.6. The average Bonchev–Trinajstić information content (AvgIpc) is 3.27. The Balaban J connectivity index is 1.41. The Morgan fingerprint density at radius 3 is 2.26 bits per heavy atom. The van der Waals surface area contributed by atoms with Gasteiger partial charge >= 0.3 is 12.1 Å². The standard InChI is InChI=1S/C25H26ClN3O4S/c1-25(2,3)29-23-28-21(26)20(34-23)12-19(22(30)31)27-24(32)33-13-18-16-10-6-4-8-14(16)15-9-5-7-11-17(15)18/h4-11,18-19H,12-13H2,1-3H3,(H,27,32)(H,28,29)(H,30,31). The van der Waals surface area contributed by atoms with E-state index in [0.29, 0.717) is 10.0 Å². The number of benzene rings is 2. The number of halogens is 1. The van der Waals surface area contributed by atoms with Crippen LogP contribution in [0.4, 0.5) is 9.93 Å². The zero-order valence-electron chi connectivity index (χ0n) is 19.1. The number of fused-ring (bicyclic) bond motifs is 3. The molecule has 34 heavy (non-hydrogen) atoms. The third-order valence-corrected chi connectivity index (χ3v) is 6.87. The molecule has 0 aliphatic heterocycles. The highest BCUT2D eigenvalue weighted by Gasteiger charge is 2.30. The summed E-state index contributed by atoms with van der Waals surface area (Å²) in [6, 6.07) is 14.8. The maximum atomic E-state index is 12.6. The largest absolute Gasteiger partial charge is 0.480 e. The Labute approximate surface area is 207 Å². The van der Waals surface area contributed by atoms with Crippen LogP contribution in [-0.4, -0.2) is 40.3 Å². The summed E-state index contributed by atoms with van der Waals surface area (Å²) in [5.74, 6) is -1.29. The van der Waals surface area contributed by atoms with Crippen LogP contribution in [0.25, 0.3) is 11.1 Å². The Kier molecular flexibility index (Phi) is 6.81. The second-order valence-corrected chi connectivity index (χ2v) is 10.6. The summed E-state index contributed by atoms with van der Waals surface area (Å²) in [6.07, 6.45) is -0.787. The smallest absolute Gasteiger partial charge is 0.407 e. The van der Waals surface area contributed by atoms with Crippen LogP contribution in [0.1, 0.15) is 42.7 Å². The van der Waals surface area contributed by atoms with E-state index in [4.69, 9.17) is 16.3 Å². The van der Waals surface area contributed by atoms with Gasteiger partial charge in [0.05, 0.1) is 0 Å². The number of anilines is 1. The van der Waals surface area contributed by atoms with Gasteiger partial charge in [0.15, 0.2) is 5.13 Å². The number of aliphatic carboxylic acids is 1. The lowest BCUT2D eigenvalue weighted by Crippen LogP contribution is -2.42. The van der Waals surface area contributed by atoms with Gasteiger partial charge in [0.1, 0.15) is 17.8 Å². The third-order valence-electron chi connectivity index (χ3n) is 5.45. The van der Waals surface area contributed by atoms with Gasteiger partial charge in [0.2, 0.25) is 0 Å². The van der Waals surface area contributed by atoms with E-state index in [-0.39, 0.29) is 29.6 Å². The molecule has 1 amide bonds. The molecule has 1 unspecified atom stereocenters. The number of carboxylic acid groups (broad SMARTS) is 1. The molecule has 178 valence electrons. The molecule has 9 heteroatoms. The summed E-state index contributed by atoms with van der Waals surface area (Å²) in [4.78, 5) is 29.2. The van der Waals surface area contributed by atoms with Gasteiger partial charge in [0, 0.05) is 22.8 Å². The zero-order valence-corrected chi connectivity index (χ0v) is 20.7. The van der Waals surface area contributed by atoms with Crippen molar-refractivity contribution in [1.82, 2.24) is 10.3 Å². The van der Waals surface area contributed by atoms with Crippen LogP contribution < -0.4 is 10.6 Å². The second kappa shape index (κ2) is 9.64. The molecule has 0 fully saturated rings. The Hall–Kier alpha value is -3.10. The van der Waals surface area contributed by atoms with E-state index in [9.17, 15) is 14.7 Å². The summed E-state index contributed by atoms with van der Waals surface area (Å²) >= 11 is 7.49. The van der Waals surface area contributed by atoms with Crippen LogP contribution in [0.15, 0.2) is 48.5 Å². The number of aromatic nitrogens is 1. The molecule has 0 saturated carbocycles. The minimum atomic E-state index is -1.20. The topological polar surface area (TPSA) is 101 Å². The van der Waals surface area contributed by atoms with Crippen LogP contribution in [-0.2, 0) is 16.0 Å². The van der Waals surface area contributed by atoms with Gasteiger partial charge in [-0.2, -0.15) is 0 Å². The van der Waals surface area contributed by atoms with E-state index in [1.165, 1.54) is 11.3 Å². The summed E-state index contributed by atoms with van der Waals surface area (Å²) in [5.41, 5.74) is 4.19. The minimum Gasteiger partial charge on any atom is -0.480 e. The van der Waals surface area contributed by atoms with Crippen molar-refractivity contribution in [2.45, 2.75) is 44.7 Å². The molecule has 3 aromatic rings. The Bertz CT molecular complexity index is 1180. The molecule has 3 N–H and O–H groups in total. The van der Waals surface area contributed by atoms with Crippen LogP contribution >= 0.6 is 22.9 Å². The fraction of sp³-hybridized carbons (Fsp3) is 0.320. The van der Waals surface area contributed by atoms with E-state index < -0.39 is 18.1 Å². The first kappa shape index (κ1) is 24.0. The van der Waals surface area contributed by atoms with E-state index >= 15 is 0 Å². The quantitative estimate of drug-likeness (QED) is 0.394. The molecule has 1 atom stereocenters. The lowest BCUT2D eigenvalue weighted by Gasteiger charge is -2.19. The molecule has 1 aliphatic carbocycles. The fourth-order valence-electron chi connectivity index (χ4n) is 4.00. The molecule has 0 saturated heterocycles. The highest BCUT2D eigenvalue weighted by Crippen LogP contribution is 2.44. The summed E-state index contributed by atoms with van der Waals surface area (Å²) in [5, 5.41) is 16.2. The van der Waals surface area contributed by atoms with Crippen molar-refractivity contribution in [2.24, 2.45) is 0 Å². The number of hydrogen-bond donors (Lipinski definition) is 3. The lowest BCUT2D eigenvalue weighted by molar-refractivity contribution is -0.139. The molecule has 4 rings (SSSR count). The van der Waals surface area contributed by atoms with Crippen LogP contribution in [0, 0.1) is 0 Å². The Morgan fingerprint density at radius 1 is 1.12 bits per heavy atom. The van der Waals surface area contributed by atoms with Crippen LogP contribution in [0.2, 0.25) is 5.15 Å². The van der Waals surface area contributed by atoms with E-state index in [1.54, 1.807) is 0 Å². The van der Waals surface area contributed by atoms with Gasteiger partial charge in [-0.15, -0.1) is 11.3 Å². The first-order valence-electron chi connectivity index (χ1n) is 10.9. The van der Waals surface area contributed by atoms with E-state index in [2.05, 4.69) is 27.8 Å². The first-order valence-corrected chi connectivity index (χ1v) is 12.1. The molecular formula is C25H26ClN3O4S. The van der Waals surface area contributed by atoms with E-state index in [0.717, 1.165) is 22.3 Å². The number of carbonyl (C=O) groups is 2. The van der Waals surface area contributed by atoms with Crippen molar-refractivity contribution < 1.29 is 19.4 Å². The van der Waals surface area contributed by atoms with Crippen LogP contribution in [0.5, 0.6) is 0 Å². The summed E-state index contributed by atoms with van der Waals surface area (Å²) < 4.78 is 5.49. The number of nitrogens with one attached hydrogen (secondary N) is 2. The predicted octanol–water partition coefficient (Wildman–Crippen LogP) is 5.54. The van der Waals surface area contributed by atoms with Crippen molar-refractivity contribution in [1.29, 1.82) is 0 Å². The number of amides is 1. The van der Waals surface area contributed by atoms with Gasteiger partial charge in [-0.05, 0) is 43.0 Å². The number of alkyl carbamates (subject to hydrolysis) is 1. The second-order valence-electron chi connectivity index (χ2n) is 9.17. The van der Waals surface area contributed by atoms with Crippen molar-refractivity contribution in [2.75, 3.05) is 11.9 Å². The highest BCUT2D eigenvalue weighted by molar-refractivity contribution is 7.16. The number of hydrogen-bond acceptors (Lipinski definition) is 6. The number of carboxylic acids is 1. The van der Waals surface area contributed by atoms with Gasteiger partial charge < -0.3 is 20.5 Å². The van der Waals surface area contributed by atoms with Crippen LogP contribution in [0.3, 0.4) is 0 Å². The number of carbonyl (C=O) groups excluding carboxylic acids is 1. The summed E-state index contributed by atoms with van der Waals surface area (Å²) in [7, 11) is 0. The monoisotopic (exact) mass is 499 g/mol. The molecule has 0 spiro atoms. The SMILES string of the molecule is CC(C)(C)Nc1nc(Cl)c(CC(NC(=O)OCC2c3ccccc3-c3ccccc32)C(=O)O)s1. The summed E-state index contributed by atoms with van der Waals surface area (Å²) in [6.45, 7) is 6.06. The van der Waals surface area contributed by atoms with Gasteiger partial charge in [-0.1, -0.05) is 60.1 Å². The molecular weight excluding hydrogens is 474 g/mol. The molecule has 1 aliphatic rings. The number of nitrogens with zero attached hydrogens (tertiary/aromatic N) is 1. The van der Waals surface area contributed by atoms with Crippen molar-refractivity contribution >= 4 is 40.1 Å². The minimum absolute atomic E-state index is 0.00184. The third kappa shape index (κ3) is 5.34. The number of thiazole rings is 1. The molecule has 7 nitrogen and oxygen atoms in total. The normalized spacial score (nSPS) is 13.6. The van der Waals surface area contributed by atoms with Gasteiger partial charge in [-0.3, -0.25) is 0 Å². The fourth-order valence-corrected chi connectivity index (χ4v) is 5.44. The van der Waals surface area contributed by atoms with Crippen molar-refractivity contribution in [3.05, 3.63) is 69.7 Å². The lowest BCUT2D eigenvalue weighted by atomic mass is 9.98. The zero-order chi connectivity index (χ0) is 24.5. The molecule has 0 bridgehead atoms. The highest BCUT2D eigenvalue weighted by atomic mass is 35.5. The molecule has 0 radical (unpaired) electrons.